The number of hydrogen-bond acceptors (Lipinski definition) is 6. The molecule has 3 aromatic rings. The van der Waals surface area contributed by atoms with E-state index in [4.69, 9.17) is 0 Å². The summed E-state index contributed by atoms with van der Waals surface area (Å²) in [5.41, 5.74) is 2.18. The van der Waals surface area contributed by atoms with Gasteiger partial charge < -0.3 is 5.32 Å². The first kappa shape index (κ1) is 15.8. The van der Waals surface area contributed by atoms with Crippen LogP contribution in [0.5, 0.6) is 0 Å². The van der Waals surface area contributed by atoms with Crippen molar-refractivity contribution < 1.29 is 4.79 Å². The first-order valence-electron chi connectivity index (χ1n) is 7.67. The number of aromatic nitrogens is 7. The highest BCUT2D eigenvalue weighted by atomic mass is 16.2. The number of hydrogen-bond donors (Lipinski definition) is 1. The van der Waals surface area contributed by atoms with Gasteiger partial charge in [0.25, 0.3) is 0 Å². The molecule has 124 valence electrons. The summed E-state index contributed by atoms with van der Waals surface area (Å²) < 4.78 is 1.55. The van der Waals surface area contributed by atoms with E-state index < -0.39 is 0 Å². The summed E-state index contributed by atoms with van der Waals surface area (Å²) in [4.78, 5) is 22.1. The summed E-state index contributed by atoms with van der Waals surface area (Å²) in [6.45, 7) is 4.71. The Hall–Kier alpha value is -3.10. The lowest BCUT2D eigenvalue weighted by molar-refractivity contribution is -0.116. The zero-order valence-electron chi connectivity index (χ0n) is 13.5. The van der Waals surface area contributed by atoms with Gasteiger partial charge in [0.2, 0.25) is 5.91 Å². The van der Waals surface area contributed by atoms with Crippen LogP contribution in [0.1, 0.15) is 19.0 Å². The predicted molar refractivity (Wildman–Crippen MR) is 86.9 cm³/mol. The van der Waals surface area contributed by atoms with Crippen molar-refractivity contribution in [2.45, 2.75) is 33.4 Å². The first-order valence-corrected chi connectivity index (χ1v) is 7.67. The van der Waals surface area contributed by atoms with Gasteiger partial charge in [-0.15, -0.1) is 5.10 Å². The summed E-state index contributed by atoms with van der Waals surface area (Å²) >= 11 is 0. The standard InChI is InChI=1S/C15H18N8O/c1-3-7-23-18-9-13(21-23)19-14(24)10-22-8-4-12(20-22)15-11(2)16-5-6-17-15/h4-6,8-9H,3,7,10H2,1-2H3,(H,19,21,24). The van der Waals surface area contributed by atoms with Crippen molar-refractivity contribution in [2.75, 3.05) is 5.32 Å². The number of aryl methyl sites for hydroxylation is 2. The molecule has 0 aliphatic rings. The fourth-order valence-electron chi connectivity index (χ4n) is 2.23. The second-order valence-corrected chi connectivity index (χ2v) is 5.26. The molecule has 0 aliphatic heterocycles. The molecule has 3 aromatic heterocycles. The van der Waals surface area contributed by atoms with Crippen molar-refractivity contribution in [1.29, 1.82) is 0 Å². The van der Waals surface area contributed by atoms with E-state index in [-0.39, 0.29) is 12.5 Å². The van der Waals surface area contributed by atoms with E-state index in [0.29, 0.717) is 17.2 Å². The lowest BCUT2D eigenvalue weighted by atomic mass is 10.2. The highest BCUT2D eigenvalue weighted by molar-refractivity contribution is 5.89. The summed E-state index contributed by atoms with van der Waals surface area (Å²) in [5, 5.41) is 15.3. The van der Waals surface area contributed by atoms with Crippen LogP contribution in [-0.2, 0) is 17.9 Å². The van der Waals surface area contributed by atoms with Gasteiger partial charge in [0, 0.05) is 18.6 Å². The summed E-state index contributed by atoms with van der Waals surface area (Å²) in [7, 11) is 0. The molecule has 3 rings (SSSR count). The molecular formula is C15H18N8O. The number of anilines is 1. The summed E-state index contributed by atoms with van der Waals surface area (Å²) in [5.74, 6) is 0.217. The van der Waals surface area contributed by atoms with Crippen molar-refractivity contribution in [3.8, 4) is 11.4 Å². The number of carbonyl (C=O) groups excluding carboxylic acids is 1. The van der Waals surface area contributed by atoms with E-state index in [9.17, 15) is 4.79 Å². The third-order valence-electron chi connectivity index (χ3n) is 3.30. The topological polar surface area (TPSA) is 103 Å². The van der Waals surface area contributed by atoms with Crippen LogP contribution in [0.2, 0.25) is 0 Å². The van der Waals surface area contributed by atoms with E-state index in [1.54, 1.807) is 28.1 Å². The van der Waals surface area contributed by atoms with Crippen LogP contribution >= 0.6 is 0 Å². The maximum absolute atomic E-state index is 12.1. The van der Waals surface area contributed by atoms with Crippen LogP contribution < -0.4 is 5.32 Å². The normalized spacial score (nSPS) is 10.8. The highest BCUT2D eigenvalue weighted by Gasteiger charge is 2.11. The van der Waals surface area contributed by atoms with Gasteiger partial charge in [0.05, 0.1) is 18.4 Å². The molecule has 24 heavy (non-hydrogen) atoms. The van der Waals surface area contributed by atoms with Crippen LogP contribution in [-0.4, -0.2) is 40.6 Å². The maximum Gasteiger partial charge on any atom is 0.247 e. The molecule has 0 unspecified atom stereocenters. The molecule has 1 N–H and O–H groups in total. The molecule has 0 bridgehead atoms. The molecule has 0 saturated heterocycles. The molecule has 0 aromatic carbocycles. The fourth-order valence-corrected chi connectivity index (χ4v) is 2.23. The number of amides is 1. The SMILES string of the molecule is CCCn1ncc(NC(=O)Cn2ccc(-c3nccnc3C)n2)n1. The Balaban J connectivity index is 1.64. The molecule has 0 saturated carbocycles. The second kappa shape index (κ2) is 6.99. The quantitative estimate of drug-likeness (QED) is 0.732. The smallest absolute Gasteiger partial charge is 0.247 e. The van der Waals surface area contributed by atoms with E-state index in [1.165, 1.54) is 6.20 Å². The maximum atomic E-state index is 12.1. The van der Waals surface area contributed by atoms with Crippen molar-refractivity contribution in [3.05, 3.63) is 36.5 Å². The van der Waals surface area contributed by atoms with Gasteiger partial charge in [0.1, 0.15) is 17.9 Å². The summed E-state index contributed by atoms with van der Waals surface area (Å²) in [6, 6.07) is 1.81. The molecule has 9 nitrogen and oxygen atoms in total. The summed E-state index contributed by atoms with van der Waals surface area (Å²) in [6.07, 6.45) is 7.45. The monoisotopic (exact) mass is 326 g/mol. The van der Waals surface area contributed by atoms with Crippen LogP contribution in [0.4, 0.5) is 5.82 Å². The largest absolute Gasteiger partial charge is 0.306 e. The van der Waals surface area contributed by atoms with Gasteiger partial charge in [0.15, 0.2) is 5.82 Å². The van der Waals surface area contributed by atoms with Crippen LogP contribution in [0.25, 0.3) is 11.4 Å². The lowest BCUT2D eigenvalue weighted by Crippen LogP contribution is -2.19. The van der Waals surface area contributed by atoms with Gasteiger partial charge in [-0.2, -0.15) is 15.0 Å². The fraction of sp³-hybridized carbons (Fsp3) is 0.333. The third kappa shape index (κ3) is 3.62. The lowest BCUT2D eigenvalue weighted by Gasteiger charge is -2.02. The average molecular weight is 326 g/mol. The Labute approximate surface area is 138 Å². The number of nitrogens with one attached hydrogen (secondary N) is 1. The van der Waals surface area contributed by atoms with E-state index in [0.717, 1.165) is 18.7 Å². The Morgan fingerprint density at radius 3 is 2.88 bits per heavy atom. The predicted octanol–water partition coefficient (Wildman–Crippen LogP) is 1.29. The minimum absolute atomic E-state index is 0.0833. The average Bonchev–Trinajstić information content (AvgIpc) is 3.18. The molecular weight excluding hydrogens is 308 g/mol. The molecule has 1 amide bonds. The van der Waals surface area contributed by atoms with Gasteiger partial charge in [-0.3, -0.25) is 19.4 Å². The molecule has 0 spiro atoms. The zero-order valence-corrected chi connectivity index (χ0v) is 13.5. The Morgan fingerprint density at radius 2 is 2.08 bits per heavy atom. The Morgan fingerprint density at radius 1 is 1.25 bits per heavy atom. The van der Waals surface area contributed by atoms with Gasteiger partial charge in [-0.1, -0.05) is 6.92 Å². The van der Waals surface area contributed by atoms with E-state index in [1.807, 2.05) is 19.9 Å². The van der Waals surface area contributed by atoms with Crippen molar-refractivity contribution in [3.63, 3.8) is 0 Å². The molecule has 0 atom stereocenters. The van der Waals surface area contributed by atoms with Crippen LogP contribution in [0.15, 0.2) is 30.9 Å². The van der Waals surface area contributed by atoms with Gasteiger partial charge in [-0.05, 0) is 19.4 Å². The number of nitrogens with zero attached hydrogens (tertiary/aromatic N) is 7. The van der Waals surface area contributed by atoms with Gasteiger partial charge in [-0.25, -0.2) is 0 Å². The molecule has 0 radical (unpaired) electrons. The minimum Gasteiger partial charge on any atom is -0.306 e. The van der Waals surface area contributed by atoms with Crippen LogP contribution in [0.3, 0.4) is 0 Å². The number of carbonyl (C=O) groups is 1. The van der Waals surface area contributed by atoms with Gasteiger partial charge >= 0.3 is 0 Å². The van der Waals surface area contributed by atoms with Crippen molar-refractivity contribution in [2.24, 2.45) is 0 Å². The second-order valence-electron chi connectivity index (χ2n) is 5.26. The number of rotatable bonds is 6. The molecule has 0 aliphatic carbocycles. The highest BCUT2D eigenvalue weighted by Crippen LogP contribution is 2.16. The molecule has 0 fully saturated rings. The van der Waals surface area contributed by atoms with Crippen molar-refractivity contribution in [1.82, 2.24) is 34.7 Å². The Kier molecular flexibility index (Phi) is 4.59. The first-order chi connectivity index (χ1) is 11.7. The zero-order chi connectivity index (χ0) is 16.9. The van der Waals surface area contributed by atoms with Crippen LogP contribution in [0, 0.1) is 6.92 Å². The third-order valence-corrected chi connectivity index (χ3v) is 3.30. The minimum atomic E-state index is -0.218. The van der Waals surface area contributed by atoms with Crippen molar-refractivity contribution >= 4 is 11.7 Å². The van der Waals surface area contributed by atoms with E-state index in [2.05, 4.69) is 30.6 Å². The Bertz CT molecular complexity index is 837. The van der Waals surface area contributed by atoms with E-state index >= 15 is 0 Å². The molecule has 9 heteroatoms. The molecule has 3 heterocycles.